The van der Waals surface area contributed by atoms with Gasteiger partial charge in [-0.05, 0) is 67.5 Å². The van der Waals surface area contributed by atoms with Crippen molar-refractivity contribution in [3.8, 4) is 0 Å². The van der Waals surface area contributed by atoms with E-state index in [0.717, 1.165) is 24.1 Å². The van der Waals surface area contributed by atoms with Crippen LogP contribution in [0.4, 0.5) is 20.6 Å². The van der Waals surface area contributed by atoms with Crippen molar-refractivity contribution in [2.75, 3.05) is 10.6 Å². The SMILES string of the molecule is Cc1ccnc([C@H](NC(=O)Nc2cc(F)cc3c2NC(=O)CC3)C2CC2)c1. The van der Waals surface area contributed by atoms with Crippen molar-refractivity contribution in [3.63, 3.8) is 0 Å². The molecule has 0 radical (unpaired) electrons. The van der Waals surface area contributed by atoms with Crippen LogP contribution in [0.3, 0.4) is 0 Å². The van der Waals surface area contributed by atoms with Crippen LogP contribution in [0.2, 0.25) is 0 Å². The Morgan fingerprint density at radius 2 is 2.11 bits per heavy atom. The molecule has 6 nitrogen and oxygen atoms in total. The van der Waals surface area contributed by atoms with Gasteiger partial charge in [0.15, 0.2) is 0 Å². The summed E-state index contributed by atoms with van der Waals surface area (Å²) in [5.74, 6) is -0.233. The van der Waals surface area contributed by atoms with Crippen molar-refractivity contribution < 1.29 is 14.0 Å². The number of benzene rings is 1. The smallest absolute Gasteiger partial charge is 0.319 e. The number of halogens is 1. The largest absolute Gasteiger partial charge is 0.329 e. The Kier molecular flexibility index (Phi) is 4.51. The number of carbonyl (C=O) groups excluding carboxylic acids is 2. The maximum Gasteiger partial charge on any atom is 0.319 e. The first kappa shape index (κ1) is 17.5. The Morgan fingerprint density at radius 1 is 1.30 bits per heavy atom. The number of nitrogens with zero attached hydrogens (tertiary/aromatic N) is 1. The van der Waals surface area contributed by atoms with Crippen LogP contribution < -0.4 is 16.0 Å². The Balaban J connectivity index is 1.54. The molecule has 3 amide bonds. The molecular weight excluding hydrogens is 347 g/mol. The van der Waals surface area contributed by atoms with Crippen LogP contribution in [0.1, 0.15) is 42.1 Å². The molecule has 1 atom stereocenters. The molecule has 27 heavy (non-hydrogen) atoms. The summed E-state index contributed by atoms with van der Waals surface area (Å²) >= 11 is 0. The van der Waals surface area contributed by atoms with Gasteiger partial charge in [-0.1, -0.05) is 0 Å². The highest BCUT2D eigenvalue weighted by Gasteiger charge is 2.34. The van der Waals surface area contributed by atoms with Crippen molar-refractivity contribution in [1.29, 1.82) is 0 Å². The first-order valence-corrected chi connectivity index (χ1v) is 9.12. The zero-order valence-electron chi connectivity index (χ0n) is 15.0. The molecule has 2 aliphatic rings. The van der Waals surface area contributed by atoms with Crippen molar-refractivity contribution >= 4 is 23.3 Å². The van der Waals surface area contributed by atoms with Crippen LogP contribution in [0.25, 0.3) is 0 Å². The molecule has 1 aromatic carbocycles. The molecule has 0 bridgehead atoms. The highest BCUT2D eigenvalue weighted by molar-refractivity contribution is 6.01. The van der Waals surface area contributed by atoms with E-state index in [9.17, 15) is 14.0 Å². The maximum atomic E-state index is 13.9. The number of hydrogen-bond acceptors (Lipinski definition) is 3. The number of fused-ring (bicyclic) bond motifs is 1. The third-order valence-corrected chi connectivity index (χ3v) is 4.95. The normalized spacial score (nSPS) is 16.9. The molecule has 1 aromatic heterocycles. The Labute approximate surface area is 156 Å². The Hall–Kier alpha value is -2.96. The molecule has 0 saturated heterocycles. The number of nitrogens with one attached hydrogen (secondary N) is 3. The molecule has 1 fully saturated rings. The molecule has 7 heteroatoms. The number of urea groups is 1. The lowest BCUT2D eigenvalue weighted by Gasteiger charge is -2.22. The van der Waals surface area contributed by atoms with Crippen molar-refractivity contribution in [3.05, 3.63) is 53.1 Å². The lowest BCUT2D eigenvalue weighted by Crippen LogP contribution is -2.34. The highest BCUT2D eigenvalue weighted by Crippen LogP contribution is 2.40. The lowest BCUT2D eigenvalue weighted by molar-refractivity contribution is -0.116. The zero-order valence-corrected chi connectivity index (χ0v) is 15.0. The summed E-state index contributed by atoms with van der Waals surface area (Å²) in [6.07, 6.45) is 4.56. The summed E-state index contributed by atoms with van der Waals surface area (Å²) < 4.78 is 13.9. The number of rotatable bonds is 4. The van der Waals surface area contributed by atoms with E-state index in [4.69, 9.17) is 0 Å². The van der Waals surface area contributed by atoms with Gasteiger partial charge in [0.2, 0.25) is 5.91 Å². The van der Waals surface area contributed by atoms with Gasteiger partial charge in [0.05, 0.1) is 23.1 Å². The van der Waals surface area contributed by atoms with Crippen LogP contribution in [-0.2, 0) is 11.2 Å². The first-order chi connectivity index (χ1) is 13.0. The second kappa shape index (κ2) is 6.98. The van der Waals surface area contributed by atoms with Crippen LogP contribution >= 0.6 is 0 Å². The topological polar surface area (TPSA) is 83.1 Å². The van der Waals surface area contributed by atoms with E-state index in [0.29, 0.717) is 30.0 Å². The molecule has 3 N–H and O–H groups in total. The minimum Gasteiger partial charge on any atom is -0.329 e. The van der Waals surface area contributed by atoms with Gasteiger partial charge in [-0.2, -0.15) is 0 Å². The summed E-state index contributed by atoms with van der Waals surface area (Å²) in [5.41, 5.74) is 3.32. The number of aromatic nitrogens is 1. The second-order valence-corrected chi connectivity index (χ2v) is 7.21. The number of carbonyl (C=O) groups is 2. The molecule has 1 saturated carbocycles. The van der Waals surface area contributed by atoms with Gasteiger partial charge in [0.25, 0.3) is 0 Å². The van der Waals surface area contributed by atoms with Gasteiger partial charge < -0.3 is 16.0 Å². The fourth-order valence-electron chi connectivity index (χ4n) is 3.45. The average Bonchev–Trinajstić information content (AvgIpc) is 3.45. The number of amides is 3. The third kappa shape index (κ3) is 3.92. The van der Waals surface area contributed by atoms with Gasteiger partial charge in [0.1, 0.15) is 5.82 Å². The maximum absolute atomic E-state index is 13.9. The molecule has 0 unspecified atom stereocenters. The van der Waals surface area contributed by atoms with Gasteiger partial charge in [0, 0.05) is 12.6 Å². The summed E-state index contributed by atoms with van der Waals surface area (Å²) in [5, 5.41) is 8.39. The van der Waals surface area contributed by atoms with Gasteiger partial charge >= 0.3 is 6.03 Å². The van der Waals surface area contributed by atoms with E-state index in [2.05, 4.69) is 20.9 Å². The lowest BCUT2D eigenvalue weighted by atomic mass is 10.0. The predicted molar refractivity (Wildman–Crippen MR) is 99.9 cm³/mol. The third-order valence-electron chi connectivity index (χ3n) is 4.95. The molecule has 140 valence electrons. The Bertz CT molecular complexity index is 911. The molecule has 2 aromatic rings. The standard InChI is InChI=1S/C20H21FN4O2/c1-11-6-7-22-15(8-11)18(12-2-3-12)25-20(27)23-16-10-14(21)9-13-4-5-17(26)24-19(13)16/h6-10,12,18H,2-5H2,1H3,(H,24,26)(H2,23,25,27)/t18-/m1/s1. The van der Waals surface area contributed by atoms with Crippen molar-refractivity contribution in [2.24, 2.45) is 5.92 Å². The van der Waals surface area contributed by atoms with E-state index in [1.165, 1.54) is 12.1 Å². The predicted octanol–water partition coefficient (Wildman–Crippen LogP) is 3.69. The van der Waals surface area contributed by atoms with E-state index in [1.807, 2.05) is 19.1 Å². The Morgan fingerprint density at radius 3 is 2.85 bits per heavy atom. The number of hydrogen-bond donors (Lipinski definition) is 3. The molecule has 2 heterocycles. The van der Waals surface area contributed by atoms with E-state index >= 15 is 0 Å². The molecule has 1 aliphatic carbocycles. The van der Waals surface area contributed by atoms with Crippen LogP contribution in [-0.4, -0.2) is 16.9 Å². The monoisotopic (exact) mass is 368 g/mol. The number of aryl methyl sites for hydroxylation is 2. The van der Waals surface area contributed by atoms with Crippen molar-refractivity contribution in [2.45, 2.75) is 38.6 Å². The fourth-order valence-corrected chi connectivity index (χ4v) is 3.45. The summed E-state index contributed by atoms with van der Waals surface area (Å²) in [6, 6.07) is 5.86. The molecule has 1 aliphatic heterocycles. The van der Waals surface area contributed by atoms with Crippen LogP contribution in [0, 0.1) is 18.7 Å². The molecular formula is C20H21FN4O2. The summed E-state index contributed by atoms with van der Waals surface area (Å²) in [6.45, 7) is 1.98. The molecule has 0 spiro atoms. The average molecular weight is 368 g/mol. The summed E-state index contributed by atoms with van der Waals surface area (Å²) in [4.78, 5) is 28.7. The van der Waals surface area contributed by atoms with E-state index in [-0.39, 0.29) is 17.6 Å². The summed E-state index contributed by atoms with van der Waals surface area (Å²) in [7, 11) is 0. The quantitative estimate of drug-likeness (QED) is 0.770. The van der Waals surface area contributed by atoms with Crippen LogP contribution in [0.5, 0.6) is 0 Å². The zero-order chi connectivity index (χ0) is 19.0. The van der Waals surface area contributed by atoms with Gasteiger partial charge in [-0.25, -0.2) is 9.18 Å². The van der Waals surface area contributed by atoms with Gasteiger partial charge in [-0.15, -0.1) is 0 Å². The number of pyridine rings is 1. The molecule has 4 rings (SSSR count). The fraction of sp³-hybridized carbons (Fsp3) is 0.350. The van der Waals surface area contributed by atoms with Gasteiger partial charge in [-0.3, -0.25) is 9.78 Å². The van der Waals surface area contributed by atoms with E-state index in [1.54, 1.807) is 6.20 Å². The highest BCUT2D eigenvalue weighted by atomic mass is 19.1. The first-order valence-electron chi connectivity index (χ1n) is 9.12. The van der Waals surface area contributed by atoms with Crippen molar-refractivity contribution in [1.82, 2.24) is 10.3 Å². The minimum atomic E-state index is -0.445. The number of anilines is 2. The minimum absolute atomic E-state index is 0.141. The van der Waals surface area contributed by atoms with E-state index < -0.39 is 11.8 Å². The van der Waals surface area contributed by atoms with Crippen LogP contribution in [0.15, 0.2) is 30.5 Å². The second-order valence-electron chi connectivity index (χ2n) is 7.21.